The number of hydrogen-bond donors (Lipinski definition) is 3. The van der Waals surface area contributed by atoms with Crippen molar-refractivity contribution in [3.05, 3.63) is 78.9 Å². The van der Waals surface area contributed by atoms with Crippen LogP contribution in [0.1, 0.15) is 28.9 Å². The quantitative estimate of drug-likeness (QED) is 0.240. The predicted octanol–water partition coefficient (Wildman–Crippen LogP) is 2.50. The Bertz CT molecular complexity index is 1930. The van der Waals surface area contributed by atoms with Gasteiger partial charge in [-0.3, -0.25) is 19.5 Å². The van der Waals surface area contributed by atoms with Gasteiger partial charge in [0, 0.05) is 43.3 Å². The minimum Gasteiger partial charge on any atom is -0.377 e. The summed E-state index contributed by atoms with van der Waals surface area (Å²) in [5, 5.41) is 6.80. The maximum absolute atomic E-state index is 13.3. The molecular formula is C33H36N8O5S. The summed E-state index contributed by atoms with van der Waals surface area (Å²) in [4.78, 5) is 46.1. The van der Waals surface area contributed by atoms with Crippen LogP contribution in [0.15, 0.2) is 67.6 Å². The highest BCUT2D eigenvalue weighted by Crippen LogP contribution is 2.38. The molecule has 3 aliphatic rings. The summed E-state index contributed by atoms with van der Waals surface area (Å²) >= 11 is 0. The van der Waals surface area contributed by atoms with E-state index in [0.29, 0.717) is 55.7 Å². The number of fused-ring (bicyclic) bond motifs is 1. The molecule has 0 bridgehead atoms. The fourth-order valence-corrected chi connectivity index (χ4v) is 7.80. The van der Waals surface area contributed by atoms with Gasteiger partial charge in [0.25, 0.3) is 5.91 Å². The zero-order valence-electron chi connectivity index (χ0n) is 25.8. The Hall–Kier alpha value is -4.66. The van der Waals surface area contributed by atoms with Gasteiger partial charge >= 0.3 is 0 Å². The van der Waals surface area contributed by atoms with Crippen LogP contribution in [0.5, 0.6) is 0 Å². The highest BCUT2D eigenvalue weighted by molar-refractivity contribution is 7.91. The molecule has 6 heterocycles. The Morgan fingerprint density at radius 2 is 1.83 bits per heavy atom. The van der Waals surface area contributed by atoms with E-state index in [1.807, 2.05) is 47.4 Å². The molecule has 4 aromatic rings. The minimum atomic E-state index is -3.01. The number of carbonyl (C=O) groups excluding carboxylic acids is 2. The molecule has 3 aliphatic heterocycles. The summed E-state index contributed by atoms with van der Waals surface area (Å²) in [5.41, 5.74) is 3.89. The Morgan fingerprint density at radius 3 is 2.55 bits per heavy atom. The van der Waals surface area contributed by atoms with E-state index in [4.69, 9.17) is 4.74 Å². The summed E-state index contributed by atoms with van der Waals surface area (Å²) in [5.74, 6) is 0.424. The SMILES string of the molecule is C=CC(=O)N[C@@H]1CCCN(C2(c3ccnc(C(=O)Nc4ccc(-c5cc6c(N7CCS(=O)(=O)CC7)ncnc6[nH]5)cc4)c3)COC2)C1. The number of nitrogens with one attached hydrogen (secondary N) is 3. The Kier molecular flexibility index (Phi) is 8.24. The van der Waals surface area contributed by atoms with Gasteiger partial charge in [0.1, 0.15) is 23.5 Å². The van der Waals surface area contributed by atoms with Crippen LogP contribution in [0, 0.1) is 0 Å². The molecule has 13 nitrogen and oxygen atoms in total. The number of aromatic amines is 1. The lowest BCUT2D eigenvalue weighted by Gasteiger charge is -2.52. The number of benzene rings is 1. The lowest BCUT2D eigenvalue weighted by molar-refractivity contribution is -0.154. The van der Waals surface area contributed by atoms with Crippen LogP contribution in [-0.2, 0) is 24.9 Å². The Labute approximate surface area is 272 Å². The molecule has 0 unspecified atom stereocenters. The molecule has 3 saturated heterocycles. The van der Waals surface area contributed by atoms with Crippen molar-refractivity contribution in [1.29, 1.82) is 0 Å². The molecule has 2 amide bonds. The van der Waals surface area contributed by atoms with Crippen molar-refractivity contribution in [2.45, 2.75) is 24.4 Å². The van der Waals surface area contributed by atoms with Crippen molar-refractivity contribution in [2.75, 3.05) is 61.1 Å². The lowest BCUT2D eigenvalue weighted by atomic mass is 9.84. The maximum Gasteiger partial charge on any atom is 0.274 e. The van der Waals surface area contributed by atoms with Crippen LogP contribution in [0.4, 0.5) is 11.5 Å². The summed E-state index contributed by atoms with van der Waals surface area (Å²) in [7, 11) is -3.01. The molecule has 7 rings (SSSR count). The van der Waals surface area contributed by atoms with Crippen LogP contribution < -0.4 is 15.5 Å². The van der Waals surface area contributed by atoms with Gasteiger partial charge in [0.15, 0.2) is 9.84 Å². The van der Waals surface area contributed by atoms with E-state index in [0.717, 1.165) is 41.6 Å². The monoisotopic (exact) mass is 656 g/mol. The van der Waals surface area contributed by atoms with Crippen molar-refractivity contribution in [3.8, 4) is 11.3 Å². The number of aromatic nitrogens is 4. The smallest absolute Gasteiger partial charge is 0.274 e. The molecule has 0 saturated carbocycles. The molecule has 14 heteroatoms. The van der Waals surface area contributed by atoms with Gasteiger partial charge in [-0.1, -0.05) is 18.7 Å². The van der Waals surface area contributed by atoms with Crippen molar-refractivity contribution in [2.24, 2.45) is 0 Å². The first-order chi connectivity index (χ1) is 22.7. The highest BCUT2D eigenvalue weighted by Gasteiger charge is 2.47. The first-order valence-corrected chi connectivity index (χ1v) is 17.5. The largest absolute Gasteiger partial charge is 0.377 e. The van der Waals surface area contributed by atoms with Gasteiger partial charge in [-0.05, 0) is 66.9 Å². The van der Waals surface area contributed by atoms with Crippen LogP contribution in [0.3, 0.4) is 0 Å². The number of nitrogens with zero attached hydrogens (tertiary/aromatic N) is 5. The van der Waals surface area contributed by atoms with E-state index >= 15 is 0 Å². The first kappa shape index (κ1) is 31.0. The zero-order chi connectivity index (χ0) is 32.6. The number of sulfone groups is 1. The number of pyridine rings is 1. The number of carbonyl (C=O) groups is 2. The van der Waals surface area contributed by atoms with E-state index < -0.39 is 9.84 Å². The van der Waals surface area contributed by atoms with Gasteiger partial charge in [-0.15, -0.1) is 0 Å². The molecule has 0 aliphatic carbocycles. The van der Waals surface area contributed by atoms with Crippen molar-refractivity contribution in [3.63, 3.8) is 0 Å². The standard InChI is InChI=1S/C33H36N8O5S/c1-2-29(42)37-25-4-3-11-41(18-25)33(19-46-20-33)23-9-10-34-28(16-23)32(43)38-24-7-5-22(6-8-24)27-17-26-30(39-27)35-21-36-31(26)40-12-14-47(44,45)15-13-40/h2,5-10,16-17,21,25H,1,3-4,11-15,18-20H2,(H,37,42)(H,38,43)(H,35,36,39)/t25-/m1/s1. The van der Waals surface area contributed by atoms with Crippen LogP contribution in [0.25, 0.3) is 22.3 Å². The maximum atomic E-state index is 13.3. The number of H-pyrrole nitrogens is 1. The second-order valence-corrected chi connectivity index (χ2v) is 14.6. The lowest BCUT2D eigenvalue weighted by Crippen LogP contribution is -2.63. The molecular weight excluding hydrogens is 620 g/mol. The van der Waals surface area contributed by atoms with Crippen molar-refractivity contribution in [1.82, 2.24) is 30.2 Å². The Balaban J connectivity index is 1.05. The van der Waals surface area contributed by atoms with Gasteiger partial charge in [-0.25, -0.2) is 18.4 Å². The molecule has 47 heavy (non-hydrogen) atoms. The topological polar surface area (TPSA) is 163 Å². The van der Waals surface area contributed by atoms with Crippen LogP contribution in [-0.4, -0.2) is 102 Å². The third kappa shape index (κ3) is 6.23. The van der Waals surface area contributed by atoms with Crippen molar-refractivity contribution >= 4 is 44.2 Å². The van der Waals surface area contributed by atoms with E-state index in [1.54, 1.807) is 6.20 Å². The summed E-state index contributed by atoms with van der Waals surface area (Å²) < 4.78 is 29.5. The van der Waals surface area contributed by atoms with E-state index in [9.17, 15) is 18.0 Å². The fourth-order valence-electron chi connectivity index (χ4n) is 6.60. The molecule has 1 aromatic carbocycles. The number of hydrogen-bond acceptors (Lipinski definition) is 10. The number of piperidine rings is 1. The fraction of sp³-hybridized carbons (Fsp3) is 0.364. The average molecular weight is 657 g/mol. The molecule has 0 radical (unpaired) electrons. The van der Waals surface area contributed by atoms with E-state index in [2.05, 4.69) is 42.0 Å². The van der Waals surface area contributed by atoms with Crippen LogP contribution in [0.2, 0.25) is 0 Å². The van der Waals surface area contributed by atoms with Crippen molar-refractivity contribution < 1.29 is 22.7 Å². The number of anilines is 2. The molecule has 3 fully saturated rings. The second-order valence-electron chi connectivity index (χ2n) is 12.3. The number of likely N-dealkylation sites (tertiary alicyclic amines) is 1. The summed E-state index contributed by atoms with van der Waals surface area (Å²) in [6, 6.07) is 13.2. The summed E-state index contributed by atoms with van der Waals surface area (Å²) in [6.07, 6.45) is 6.28. The zero-order valence-corrected chi connectivity index (χ0v) is 26.6. The average Bonchev–Trinajstić information content (AvgIpc) is 3.50. The third-order valence-corrected chi connectivity index (χ3v) is 10.9. The van der Waals surface area contributed by atoms with Gasteiger partial charge in [-0.2, -0.15) is 0 Å². The molecule has 3 N–H and O–H groups in total. The number of rotatable bonds is 8. The third-order valence-electron chi connectivity index (χ3n) is 9.27. The number of amides is 2. The van der Waals surface area contributed by atoms with E-state index in [-0.39, 0.29) is 34.9 Å². The summed E-state index contributed by atoms with van der Waals surface area (Å²) in [6.45, 7) is 6.91. The van der Waals surface area contributed by atoms with Gasteiger partial charge in [0.2, 0.25) is 5.91 Å². The molecule has 1 atom stereocenters. The molecule has 0 spiro atoms. The number of ether oxygens (including phenoxy) is 1. The first-order valence-electron chi connectivity index (χ1n) is 15.7. The normalized spacial score (nSPS) is 20.7. The van der Waals surface area contributed by atoms with Gasteiger partial charge in [0.05, 0.1) is 35.6 Å². The predicted molar refractivity (Wildman–Crippen MR) is 178 cm³/mol. The van der Waals surface area contributed by atoms with Gasteiger partial charge < -0.3 is 25.3 Å². The van der Waals surface area contributed by atoms with Crippen LogP contribution >= 0.6 is 0 Å². The Morgan fingerprint density at radius 1 is 1.04 bits per heavy atom. The highest BCUT2D eigenvalue weighted by atomic mass is 32.2. The van der Waals surface area contributed by atoms with E-state index in [1.165, 1.54) is 12.4 Å². The molecule has 3 aromatic heterocycles. The minimum absolute atomic E-state index is 0.0226. The molecule has 244 valence electrons. The second kappa shape index (κ2) is 12.5.